The highest BCUT2D eigenvalue weighted by atomic mass is 32.1. The lowest BCUT2D eigenvalue weighted by Gasteiger charge is -2.35. The van der Waals surface area contributed by atoms with Crippen molar-refractivity contribution < 1.29 is 9.32 Å². The number of carbonyl (C=O) groups excluding carboxylic acids is 1. The number of nitrogens with zero attached hydrogens (tertiary/aromatic N) is 4. The number of hydrogen-bond acceptors (Lipinski definition) is 6. The fourth-order valence-electron chi connectivity index (χ4n) is 4.79. The van der Waals surface area contributed by atoms with Gasteiger partial charge in [-0.1, -0.05) is 5.16 Å². The fraction of sp³-hybridized carbons (Fsp3) is 0.632. The van der Waals surface area contributed by atoms with Crippen LogP contribution < -0.4 is 0 Å². The minimum absolute atomic E-state index is 0.0610. The van der Waals surface area contributed by atoms with E-state index in [0.29, 0.717) is 11.7 Å². The number of hydrogen-bond donors (Lipinski definition) is 0. The van der Waals surface area contributed by atoms with Crippen molar-refractivity contribution in [2.75, 3.05) is 19.6 Å². The van der Waals surface area contributed by atoms with Crippen LogP contribution in [-0.2, 0) is 19.4 Å². The van der Waals surface area contributed by atoms with E-state index >= 15 is 0 Å². The molecule has 3 fully saturated rings. The molecule has 5 heterocycles. The van der Waals surface area contributed by atoms with Crippen molar-refractivity contribution in [1.82, 2.24) is 19.9 Å². The number of rotatable bonds is 3. The molecule has 2 bridgehead atoms. The van der Waals surface area contributed by atoms with Crippen LogP contribution in [0.5, 0.6) is 0 Å². The van der Waals surface area contributed by atoms with Crippen LogP contribution in [0.4, 0.5) is 0 Å². The maximum atomic E-state index is 13.3. The Kier molecular flexibility index (Phi) is 4.29. The number of aromatic nitrogens is 2. The Balaban J connectivity index is 1.35. The zero-order chi connectivity index (χ0) is 17.5. The number of aryl methyl sites for hydroxylation is 1. The summed E-state index contributed by atoms with van der Waals surface area (Å²) in [6.07, 6.45) is 6.43. The molecule has 6 nitrogen and oxygen atoms in total. The summed E-state index contributed by atoms with van der Waals surface area (Å²) in [5.41, 5.74) is 5.11. The van der Waals surface area contributed by atoms with Gasteiger partial charge in [-0.05, 0) is 44.4 Å². The molecule has 0 aromatic carbocycles. The second kappa shape index (κ2) is 6.78. The summed E-state index contributed by atoms with van der Waals surface area (Å²) in [4.78, 5) is 22.2. The molecule has 0 spiro atoms. The molecule has 0 N–H and O–H groups in total. The predicted molar refractivity (Wildman–Crippen MR) is 98.1 cm³/mol. The SMILES string of the molecule is O=C(c1onc2c1CCCC2)N1C[C@H]2CC[C@@H]1CN(Cc1cscn1)C2. The van der Waals surface area contributed by atoms with E-state index < -0.39 is 0 Å². The van der Waals surface area contributed by atoms with Crippen LogP contribution in [0.3, 0.4) is 0 Å². The van der Waals surface area contributed by atoms with Crippen molar-refractivity contribution in [3.8, 4) is 0 Å². The molecule has 7 heteroatoms. The first-order valence-electron chi connectivity index (χ1n) is 9.65. The van der Waals surface area contributed by atoms with Crippen LogP contribution in [0.15, 0.2) is 15.4 Å². The van der Waals surface area contributed by atoms with E-state index in [0.717, 1.165) is 75.2 Å². The number of thiazole rings is 1. The zero-order valence-electron chi connectivity index (χ0n) is 14.9. The van der Waals surface area contributed by atoms with Crippen LogP contribution in [0.2, 0.25) is 0 Å². The molecule has 2 aromatic rings. The highest BCUT2D eigenvalue weighted by Gasteiger charge is 2.39. The van der Waals surface area contributed by atoms with Gasteiger partial charge in [-0.2, -0.15) is 0 Å². The second-order valence-corrected chi connectivity index (χ2v) is 8.59. The summed E-state index contributed by atoms with van der Waals surface area (Å²) >= 11 is 1.65. The molecule has 0 unspecified atom stereocenters. The van der Waals surface area contributed by atoms with Gasteiger partial charge in [0, 0.05) is 43.2 Å². The predicted octanol–water partition coefficient (Wildman–Crippen LogP) is 2.75. The average molecular weight is 372 g/mol. The highest BCUT2D eigenvalue weighted by Crippen LogP contribution is 2.32. The summed E-state index contributed by atoms with van der Waals surface area (Å²) < 4.78 is 5.53. The van der Waals surface area contributed by atoms with E-state index in [1.807, 2.05) is 5.51 Å². The van der Waals surface area contributed by atoms with Crippen molar-refractivity contribution in [1.29, 1.82) is 0 Å². The normalized spacial score (nSPS) is 25.9. The van der Waals surface area contributed by atoms with Crippen LogP contribution in [-0.4, -0.2) is 51.5 Å². The van der Waals surface area contributed by atoms with Gasteiger partial charge in [0.2, 0.25) is 5.76 Å². The van der Waals surface area contributed by atoms with Gasteiger partial charge < -0.3 is 9.42 Å². The largest absolute Gasteiger partial charge is 0.350 e. The molecule has 2 aromatic heterocycles. The Morgan fingerprint density at radius 3 is 3.04 bits per heavy atom. The van der Waals surface area contributed by atoms with Crippen molar-refractivity contribution in [2.24, 2.45) is 5.92 Å². The maximum Gasteiger partial charge on any atom is 0.293 e. The van der Waals surface area contributed by atoms with E-state index in [1.54, 1.807) is 11.3 Å². The lowest BCUT2D eigenvalue weighted by Crippen LogP contribution is -2.47. The van der Waals surface area contributed by atoms with Gasteiger partial charge in [0.15, 0.2) is 0 Å². The number of amides is 1. The van der Waals surface area contributed by atoms with Crippen molar-refractivity contribution in [2.45, 2.75) is 51.1 Å². The van der Waals surface area contributed by atoms with Crippen LogP contribution in [0.25, 0.3) is 0 Å². The molecule has 2 atom stereocenters. The van der Waals surface area contributed by atoms with Crippen molar-refractivity contribution >= 4 is 17.2 Å². The first kappa shape index (κ1) is 16.4. The van der Waals surface area contributed by atoms with E-state index in [1.165, 1.54) is 6.42 Å². The minimum atomic E-state index is 0.0610. The Morgan fingerprint density at radius 1 is 1.23 bits per heavy atom. The molecule has 26 heavy (non-hydrogen) atoms. The third-order valence-corrected chi connectivity index (χ3v) is 6.71. The van der Waals surface area contributed by atoms with Gasteiger partial charge in [-0.25, -0.2) is 4.98 Å². The maximum absolute atomic E-state index is 13.3. The Labute approximate surface area is 157 Å². The first-order valence-corrected chi connectivity index (χ1v) is 10.6. The van der Waals surface area contributed by atoms with Crippen molar-refractivity contribution in [3.05, 3.63) is 33.6 Å². The Hall–Kier alpha value is -1.73. The quantitative estimate of drug-likeness (QED) is 0.829. The molecular formula is C19H24N4O2S. The van der Waals surface area contributed by atoms with Gasteiger partial charge in [0.25, 0.3) is 5.91 Å². The topological polar surface area (TPSA) is 62.5 Å². The minimum Gasteiger partial charge on any atom is -0.350 e. The Morgan fingerprint density at radius 2 is 2.15 bits per heavy atom. The number of piperidine rings is 1. The van der Waals surface area contributed by atoms with Gasteiger partial charge in [0.05, 0.1) is 16.9 Å². The Bertz CT molecular complexity index is 788. The average Bonchev–Trinajstić information content (AvgIpc) is 3.24. The number of carbonyl (C=O) groups is 1. The first-order chi connectivity index (χ1) is 12.8. The standard InChI is InChI=1S/C19H24N4O2S/c24-19(18-16-3-1-2-4-17(16)21-25-18)23-8-13-5-6-15(23)10-22(7-13)9-14-11-26-12-20-14/h11-13,15H,1-10H2/t13-,15+/m0/s1. The molecule has 4 aliphatic rings. The molecule has 0 radical (unpaired) electrons. The molecule has 6 rings (SSSR count). The van der Waals surface area contributed by atoms with E-state index in [2.05, 4.69) is 25.3 Å². The van der Waals surface area contributed by atoms with E-state index in [-0.39, 0.29) is 11.9 Å². The molecule has 3 aliphatic heterocycles. The van der Waals surface area contributed by atoms with Crippen LogP contribution >= 0.6 is 11.3 Å². The molecule has 1 aliphatic carbocycles. The molecule has 138 valence electrons. The van der Waals surface area contributed by atoms with Gasteiger partial charge in [-0.15, -0.1) is 11.3 Å². The molecule has 3 saturated heterocycles. The van der Waals surface area contributed by atoms with E-state index in [9.17, 15) is 4.79 Å². The lowest BCUT2D eigenvalue weighted by molar-refractivity contribution is 0.0541. The van der Waals surface area contributed by atoms with Crippen molar-refractivity contribution in [3.63, 3.8) is 0 Å². The summed E-state index contributed by atoms with van der Waals surface area (Å²) in [5.74, 6) is 1.11. The van der Waals surface area contributed by atoms with Crippen LogP contribution in [0.1, 0.15) is 53.2 Å². The lowest BCUT2D eigenvalue weighted by atomic mass is 9.93. The molecule has 0 saturated carbocycles. The summed E-state index contributed by atoms with van der Waals surface area (Å²) in [6.45, 7) is 3.70. The summed E-state index contributed by atoms with van der Waals surface area (Å²) in [6, 6.07) is 0.268. The number of fused-ring (bicyclic) bond motifs is 5. The van der Waals surface area contributed by atoms with Gasteiger partial charge in [-0.3, -0.25) is 9.69 Å². The van der Waals surface area contributed by atoms with Gasteiger partial charge >= 0.3 is 0 Å². The highest BCUT2D eigenvalue weighted by molar-refractivity contribution is 7.07. The monoisotopic (exact) mass is 372 g/mol. The third kappa shape index (κ3) is 2.97. The van der Waals surface area contributed by atoms with E-state index in [4.69, 9.17) is 4.52 Å². The third-order valence-electron chi connectivity index (χ3n) is 6.07. The fourth-order valence-corrected chi connectivity index (χ4v) is 5.34. The van der Waals surface area contributed by atoms with Gasteiger partial charge in [0.1, 0.15) is 0 Å². The molecule has 1 amide bonds. The van der Waals surface area contributed by atoms with Crippen LogP contribution in [0, 0.1) is 5.92 Å². The summed E-state index contributed by atoms with van der Waals surface area (Å²) in [7, 11) is 0. The molecular weight excluding hydrogens is 348 g/mol. The zero-order valence-corrected chi connectivity index (χ0v) is 15.7. The second-order valence-electron chi connectivity index (χ2n) is 7.87. The smallest absolute Gasteiger partial charge is 0.293 e. The summed E-state index contributed by atoms with van der Waals surface area (Å²) in [5, 5.41) is 6.30.